The molecule has 0 spiro atoms. The van der Waals surface area contributed by atoms with Crippen LogP contribution < -0.4 is 9.47 Å². The normalized spacial score (nSPS) is 14.1. The van der Waals surface area contributed by atoms with Crippen LogP contribution in [0.15, 0.2) is 107 Å². The molecule has 0 amide bonds. The standard InChI is InChI=1S/C50H42F13N3O4S/c1-3-28-66(31-37-12-10-36(11-13-37)26-27-45(51,52)46(53,54)47(55,56)48(57,58)49(59,60)50(61,62)63)65-64-39-22-16-35(17-23-39)19-25-41-43-42(69-29-30-70-43)40(71-41)24-18-33-7-4-32(5-8-33)6-9-34-14-20-38(21-15-34)44(67)68-2/h4-25H,3,26-31H2,1-2H3/b9-6+,24-18+,25-19+,65-64?. The molecule has 0 fully saturated rings. The average Bonchev–Trinajstić information content (AvgIpc) is 3.70. The van der Waals surface area contributed by atoms with E-state index >= 15 is 0 Å². The molecule has 1 aromatic heterocycles. The third-order valence-electron chi connectivity index (χ3n) is 10.8. The van der Waals surface area contributed by atoms with Crippen molar-refractivity contribution in [2.75, 3.05) is 26.9 Å². The van der Waals surface area contributed by atoms with E-state index in [9.17, 15) is 61.9 Å². The van der Waals surface area contributed by atoms with Crippen LogP contribution in [0.25, 0.3) is 36.5 Å². The Kier molecular flexibility index (Phi) is 16.5. The number of ether oxygens (including phenoxy) is 3. The van der Waals surface area contributed by atoms with E-state index in [2.05, 4.69) is 10.3 Å². The van der Waals surface area contributed by atoms with E-state index in [1.54, 1.807) is 29.3 Å². The van der Waals surface area contributed by atoms with Gasteiger partial charge >= 0.3 is 41.8 Å². The van der Waals surface area contributed by atoms with Gasteiger partial charge in [-0.2, -0.15) is 57.1 Å². The van der Waals surface area contributed by atoms with Crippen LogP contribution in [0, 0.1) is 0 Å². The highest BCUT2D eigenvalue weighted by Crippen LogP contribution is 2.61. The molecule has 0 unspecified atom stereocenters. The van der Waals surface area contributed by atoms with E-state index in [-0.39, 0.29) is 12.1 Å². The monoisotopic (exact) mass is 1030 g/mol. The fourth-order valence-electron chi connectivity index (χ4n) is 6.78. The van der Waals surface area contributed by atoms with Gasteiger partial charge in [-0.25, -0.2) is 4.79 Å². The smallest absolute Gasteiger partial charge is 0.460 e. The number of esters is 1. The summed E-state index contributed by atoms with van der Waals surface area (Å²) < 4.78 is 192. The van der Waals surface area contributed by atoms with Crippen molar-refractivity contribution in [2.24, 2.45) is 10.3 Å². The van der Waals surface area contributed by atoms with Gasteiger partial charge in [0.05, 0.1) is 34.7 Å². The van der Waals surface area contributed by atoms with Crippen LogP contribution >= 0.6 is 11.3 Å². The number of hydrogen-bond donors (Lipinski definition) is 0. The maximum Gasteiger partial charge on any atom is 0.460 e. The van der Waals surface area contributed by atoms with Crippen molar-refractivity contribution in [3.8, 4) is 11.5 Å². The van der Waals surface area contributed by atoms with Crippen molar-refractivity contribution in [2.45, 2.75) is 68.5 Å². The van der Waals surface area contributed by atoms with Crippen LogP contribution in [0.4, 0.5) is 62.8 Å². The van der Waals surface area contributed by atoms with Gasteiger partial charge in [0.25, 0.3) is 0 Å². The average molecular weight is 1030 g/mol. The Balaban J connectivity index is 1.04. The molecule has 2 heterocycles. The lowest BCUT2D eigenvalue weighted by Crippen LogP contribution is -2.70. The summed E-state index contributed by atoms with van der Waals surface area (Å²) in [5.41, 5.74) is 4.96. The fraction of sp³-hybridized carbons (Fsp3) is 0.300. The van der Waals surface area contributed by atoms with E-state index < -0.39 is 54.6 Å². The Morgan fingerprint density at radius 3 is 1.51 bits per heavy atom. The van der Waals surface area contributed by atoms with Gasteiger partial charge in [-0.05, 0) is 82.6 Å². The van der Waals surface area contributed by atoms with Gasteiger partial charge in [-0.1, -0.05) is 109 Å². The van der Waals surface area contributed by atoms with Crippen molar-refractivity contribution in [1.29, 1.82) is 0 Å². The van der Waals surface area contributed by atoms with E-state index in [0.29, 0.717) is 54.5 Å². The quantitative estimate of drug-likeness (QED) is 0.0255. The zero-order chi connectivity index (χ0) is 51.8. The highest BCUT2D eigenvalue weighted by molar-refractivity contribution is 7.14. The molecule has 0 N–H and O–H groups in total. The van der Waals surface area contributed by atoms with Gasteiger partial charge in [-0.3, -0.25) is 5.01 Å². The number of alkyl halides is 13. The molecule has 0 radical (unpaired) electrons. The number of halogens is 13. The van der Waals surface area contributed by atoms with E-state index in [4.69, 9.17) is 14.2 Å². The summed E-state index contributed by atoms with van der Waals surface area (Å²) in [4.78, 5) is 13.4. The minimum absolute atomic E-state index is 0.0951. The number of fused-ring (bicyclic) bond motifs is 1. The predicted octanol–water partition coefficient (Wildman–Crippen LogP) is 15.4. The van der Waals surface area contributed by atoms with Crippen LogP contribution in [0.1, 0.15) is 73.3 Å². The first-order valence-electron chi connectivity index (χ1n) is 21.5. The zero-order valence-corrected chi connectivity index (χ0v) is 38.3. The molecule has 0 aliphatic carbocycles. The molecule has 6 rings (SSSR count). The Labute approximate surface area is 402 Å². The van der Waals surface area contributed by atoms with Crippen molar-refractivity contribution in [3.05, 3.63) is 146 Å². The second kappa shape index (κ2) is 21.8. The summed E-state index contributed by atoms with van der Waals surface area (Å²) >= 11 is 1.50. The van der Waals surface area contributed by atoms with Gasteiger partial charge in [0.2, 0.25) is 0 Å². The molecule has 21 heteroatoms. The van der Waals surface area contributed by atoms with Crippen LogP contribution in [-0.2, 0) is 17.7 Å². The molecule has 1 aliphatic heterocycles. The van der Waals surface area contributed by atoms with E-state index in [0.717, 1.165) is 44.1 Å². The molecule has 0 saturated carbocycles. The lowest BCUT2D eigenvalue weighted by Gasteiger charge is -2.39. The molecule has 0 saturated heterocycles. The molecule has 378 valence electrons. The first kappa shape index (κ1) is 53.7. The molecular weight excluding hydrogens is 986 g/mol. The Morgan fingerprint density at radius 2 is 1.04 bits per heavy atom. The number of nitrogens with zero attached hydrogens (tertiary/aromatic N) is 3. The summed E-state index contributed by atoms with van der Waals surface area (Å²) in [7, 11) is 1.33. The first-order chi connectivity index (χ1) is 33.4. The summed E-state index contributed by atoms with van der Waals surface area (Å²) in [6.07, 6.45) is 1.35. The maximum atomic E-state index is 14.3. The minimum atomic E-state index is -7.93. The number of methoxy groups -OCH3 is 1. The number of thiophene rings is 1. The van der Waals surface area contributed by atoms with Gasteiger partial charge in [0, 0.05) is 13.0 Å². The highest BCUT2D eigenvalue weighted by Gasteiger charge is 2.90. The van der Waals surface area contributed by atoms with Gasteiger partial charge in [0.15, 0.2) is 11.5 Å². The van der Waals surface area contributed by atoms with E-state index in [1.807, 2.05) is 91.9 Å². The minimum Gasteiger partial charge on any atom is -0.485 e. The molecule has 0 bridgehead atoms. The van der Waals surface area contributed by atoms with Crippen LogP contribution in [0.5, 0.6) is 11.5 Å². The van der Waals surface area contributed by atoms with E-state index in [1.165, 1.54) is 30.6 Å². The summed E-state index contributed by atoms with van der Waals surface area (Å²) in [6.45, 7) is 3.12. The number of carbonyl (C=O) groups is 1. The lowest BCUT2D eigenvalue weighted by molar-refractivity contribution is -0.440. The Bertz CT molecular complexity index is 2720. The van der Waals surface area contributed by atoms with Crippen molar-refractivity contribution >= 4 is 59.4 Å². The second-order valence-electron chi connectivity index (χ2n) is 16.0. The third-order valence-corrected chi connectivity index (χ3v) is 11.9. The van der Waals surface area contributed by atoms with Crippen molar-refractivity contribution < 1.29 is 76.1 Å². The van der Waals surface area contributed by atoms with Crippen molar-refractivity contribution in [1.82, 2.24) is 5.01 Å². The fourth-order valence-corrected chi connectivity index (χ4v) is 7.78. The van der Waals surface area contributed by atoms with Gasteiger partial charge in [-0.15, -0.1) is 16.5 Å². The third kappa shape index (κ3) is 12.1. The summed E-state index contributed by atoms with van der Waals surface area (Å²) in [6, 6.07) is 27.1. The molecular formula is C50H42F13N3O4S. The number of carbonyl (C=O) groups excluding carboxylic acids is 1. The SMILES string of the molecule is CCCN(Cc1ccc(CCC(F)(F)C(F)(F)C(F)(F)C(F)(F)C(F)(F)C(F)(F)F)cc1)N=Nc1ccc(/C=C/c2sc(/C=C/c3ccc(/C=C/c4ccc(C(=O)OC)cc4)cc3)c3c2OCCO3)cc1. The summed E-state index contributed by atoms with van der Waals surface area (Å²) in [5, 5.41) is 10.1. The number of rotatable bonds is 20. The summed E-state index contributed by atoms with van der Waals surface area (Å²) in [5.74, 6) is -36.1. The van der Waals surface area contributed by atoms with Crippen molar-refractivity contribution in [3.63, 3.8) is 0 Å². The molecule has 5 aromatic rings. The molecule has 4 aromatic carbocycles. The van der Waals surface area contributed by atoms with Gasteiger partial charge < -0.3 is 14.2 Å². The maximum absolute atomic E-state index is 14.3. The largest absolute Gasteiger partial charge is 0.485 e. The van der Waals surface area contributed by atoms with Crippen LogP contribution in [0.3, 0.4) is 0 Å². The Hall–Kier alpha value is -6.64. The second-order valence-corrected chi connectivity index (χ2v) is 17.0. The lowest BCUT2D eigenvalue weighted by atomic mass is 9.91. The topological polar surface area (TPSA) is 72.7 Å². The number of hydrogen-bond acceptors (Lipinski definition) is 7. The molecule has 71 heavy (non-hydrogen) atoms. The first-order valence-corrected chi connectivity index (χ1v) is 22.3. The predicted molar refractivity (Wildman–Crippen MR) is 244 cm³/mol. The highest BCUT2D eigenvalue weighted by atomic mass is 32.1. The number of aryl methyl sites for hydroxylation is 1. The zero-order valence-electron chi connectivity index (χ0n) is 37.4. The van der Waals surface area contributed by atoms with Gasteiger partial charge in [0.1, 0.15) is 13.2 Å². The molecule has 7 nitrogen and oxygen atoms in total. The Morgan fingerprint density at radius 1 is 0.606 bits per heavy atom. The van der Waals surface area contributed by atoms with Crippen LogP contribution in [-0.4, -0.2) is 73.6 Å². The number of benzene rings is 4. The van der Waals surface area contributed by atoms with Crippen LogP contribution in [0.2, 0.25) is 0 Å². The molecule has 1 aliphatic rings. The molecule has 0 atom stereocenters.